The lowest BCUT2D eigenvalue weighted by Gasteiger charge is -2.26. The fraction of sp³-hybridized carbons (Fsp3) is 0.600. The van der Waals surface area contributed by atoms with Crippen LogP contribution >= 0.6 is 0 Å². The van der Waals surface area contributed by atoms with Gasteiger partial charge in [0.15, 0.2) is 0 Å². The van der Waals surface area contributed by atoms with Gasteiger partial charge in [0.1, 0.15) is 5.75 Å². The van der Waals surface area contributed by atoms with Gasteiger partial charge in [0, 0.05) is 5.54 Å². The average molecular weight is 251 g/mol. The number of aliphatic hydroxyl groups is 1. The predicted octanol–water partition coefficient (Wildman–Crippen LogP) is 2.43. The Balaban J connectivity index is 2.41. The summed E-state index contributed by atoms with van der Waals surface area (Å²) in [6, 6.07) is 6.11. The summed E-state index contributed by atoms with van der Waals surface area (Å²) >= 11 is 0. The minimum Gasteiger partial charge on any atom is -0.493 e. The number of aliphatic hydroxyl groups excluding tert-OH is 1. The lowest BCUT2D eigenvalue weighted by Crippen LogP contribution is -2.43. The number of aryl methyl sites for hydroxylation is 1. The zero-order valence-corrected chi connectivity index (χ0v) is 11.9. The number of benzene rings is 1. The lowest BCUT2D eigenvalue weighted by atomic mass is 9.97. The van der Waals surface area contributed by atoms with Crippen LogP contribution in [0.1, 0.15) is 30.9 Å². The van der Waals surface area contributed by atoms with E-state index in [2.05, 4.69) is 25.2 Å². The van der Waals surface area contributed by atoms with E-state index in [0.717, 1.165) is 18.6 Å². The largest absolute Gasteiger partial charge is 0.493 e. The first kappa shape index (κ1) is 15.0. The number of hydrogen-bond donors (Lipinski definition) is 2. The summed E-state index contributed by atoms with van der Waals surface area (Å²) in [5.41, 5.74) is 2.25. The third-order valence-electron chi connectivity index (χ3n) is 3.64. The minimum absolute atomic E-state index is 0.146. The van der Waals surface area contributed by atoms with Crippen LogP contribution in [0.2, 0.25) is 0 Å². The Morgan fingerprint density at radius 3 is 2.67 bits per heavy atom. The SMILES string of the molecule is CNC(C)(CO)CCCOc1cccc(C)c1C. The second-order valence-corrected chi connectivity index (χ2v) is 5.12. The Labute approximate surface area is 110 Å². The van der Waals surface area contributed by atoms with Crippen LogP contribution in [-0.4, -0.2) is 30.9 Å². The highest BCUT2D eigenvalue weighted by molar-refractivity contribution is 5.38. The molecule has 1 aromatic rings. The molecule has 18 heavy (non-hydrogen) atoms. The molecule has 0 heterocycles. The van der Waals surface area contributed by atoms with Crippen molar-refractivity contribution in [2.24, 2.45) is 0 Å². The molecular formula is C15H25NO2. The Bertz CT molecular complexity index is 373. The highest BCUT2D eigenvalue weighted by Crippen LogP contribution is 2.21. The second kappa shape index (κ2) is 6.76. The van der Waals surface area contributed by atoms with Crippen molar-refractivity contribution in [3.8, 4) is 5.75 Å². The first-order valence-corrected chi connectivity index (χ1v) is 6.51. The molecule has 0 fully saturated rings. The molecule has 0 radical (unpaired) electrons. The van der Waals surface area contributed by atoms with Crippen LogP contribution in [0.15, 0.2) is 18.2 Å². The smallest absolute Gasteiger partial charge is 0.122 e. The van der Waals surface area contributed by atoms with Crippen molar-refractivity contribution in [3.05, 3.63) is 29.3 Å². The molecule has 0 spiro atoms. The molecule has 1 unspecified atom stereocenters. The van der Waals surface area contributed by atoms with Crippen LogP contribution < -0.4 is 10.1 Å². The summed E-state index contributed by atoms with van der Waals surface area (Å²) in [7, 11) is 1.88. The summed E-state index contributed by atoms with van der Waals surface area (Å²) in [6.45, 7) is 7.02. The van der Waals surface area contributed by atoms with Gasteiger partial charge < -0.3 is 15.2 Å². The maximum atomic E-state index is 9.28. The van der Waals surface area contributed by atoms with Gasteiger partial charge in [0.05, 0.1) is 13.2 Å². The number of nitrogens with one attached hydrogen (secondary N) is 1. The van der Waals surface area contributed by atoms with Gasteiger partial charge in [-0.25, -0.2) is 0 Å². The summed E-state index contributed by atoms with van der Waals surface area (Å²) in [6.07, 6.45) is 1.82. The highest BCUT2D eigenvalue weighted by atomic mass is 16.5. The number of hydrogen-bond acceptors (Lipinski definition) is 3. The van der Waals surface area contributed by atoms with E-state index in [4.69, 9.17) is 4.74 Å². The summed E-state index contributed by atoms with van der Waals surface area (Å²) in [5.74, 6) is 0.963. The van der Waals surface area contributed by atoms with E-state index in [0.29, 0.717) is 6.61 Å². The standard InChI is InChI=1S/C15H25NO2/c1-12-7-5-8-14(13(12)2)18-10-6-9-15(3,11-17)16-4/h5,7-8,16-17H,6,9-11H2,1-4H3. The predicted molar refractivity (Wildman–Crippen MR) is 75.2 cm³/mol. The molecule has 0 amide bonds. The van der Waals surface area contributed by atoms with E-state index in [1.807, 2.05) is 26.1 Å². The molecule has 0 saturated carbocycles. The Morgan fingerprint density at radius 1 is 1.33 bits per heavy atom. The monoisotopic (exact) mass is 251 g/mol. The normalized spacial score (nSPS) is 14.3. The van der Waals surface area contributed by atoms with Crippen LogP contribution in [0.3, 0.4) is 0 Å². The lowest BCUT2D eigenvalue weighted by molar-refractivity contribution is 0.163. The molecule has 3 nitrogen and oxygen atoms in total. The van der Waals surface area contributed by atoms with Crippen molar-refractivity contribution in [3.63, 3.8) is 0 Å². The molecule has 0 bridgehead atoms. The van der Waals surface area contributed by atoms with Crippen LogP contribution in [0.25, 0.3) is 0 Å². The maximum absolute atomic E-state index is 9.28. The van der Waals surface area contributed by atoms with Gasteiger partial charge in [-0.2, -0.15) is 0 Å². The van der Waals surface area contributed by atoms with Crippen LogP contribution in [-0.2, 0) is 0 Å². The Hall–Kier alpha value is -1.06. The summed E-state index contributed by atoms with van der Waals surface area (Å²) < 4.78 is 5.79. The number of rotatable bonds is 7. The van der Waals surface area contributed by atoms with E-state index >= 15 is 0 Å². The quantitative estimate of drug-likeness (QED) is 0.731. The van der Waals surface area contributed by atoms with Crippen molar-refractivity contribution in [2.45, 2.75) is 39.2 Å². The van der Waals surface area contributed by atoms with E-state index in [9.17, 15) is 5.11 Å². The molecule has 3 heteroatoms. The Kier molecular flexibility index (Phi) is 5.63. The summed E-state index contributed by atoms with van der Waals surface area (Å²) in [4.78, 5) is 0. The van der Waals surface area contributed by atoms with Gasteiger partial charge in [0.2, 0.25) is 0 Å². The van der Waals surface area contributed by atoms with Gasteiger partial charge >= 0.3 is 0 Å². The fourth-order valence-corrected chi connectivity index (χ4v) is 1.81. The van der Waals surface area contributed by atoms with E-state index < -0.39 is 0 Å². The van der Waals surface area contributed by atoms with Gasteiger partial charge in [-0.05, 0) is 57.9 Å². The average Bonchev–Trinajstić information content (AvgIpc) is 2.39. The van der Waals surface area contributed by atoms with Crippen molar-refractivity contribution < 1.29 is 9.84 Å². The summed E-state index contributed by atoms with van der Waals surface area (Å²) in [5, 5.41) is 12.4. The van der Waals surface area contributed by atoms with Crippen molar-refractivity contribution in [1.29, 1.82) is 0 Å². The van der Waals surface area contributed by atoms with Crippen molar-refractivity contribution in [2.75, 3.05) is 20.3 Å². The maximum Gasteiger partial charge on any atom is 0.122 e. The van der Waals surface area contributed by atoms with E-state index in [1.165, 1.54) is 11.1 Å². The molecule has 0 aliphatic carbocycles. The molecule has 0 aliphatic heterocycles. The zero-order valence-electron chi connectivity index (χ0n) is 11.9. The molecule has 2 N–H and O–H groups in total. The van der Waals surface area contributed by atoms with Gasteiger partial charge in [-0.15, -0.1) is 0 Å². The first-order valence-electron chi connectivity index (χ1n) is 6.51. The highest BCUT2D eigenvalue weighted by Gasteiger charge is 2.19. The zero-order chi connectivity index (χ0) is 13.6. The van der Waals surface area contributed by atoms with Crippen LogP contribution in [0, 0.1) is 13.8 Å². The van der Waals surface area contributed by atoms with E-state index in [-0.39, 0.29) is 12.1 Å². The number of likely N-dealkylation sites (N-methyl/N-ethyl adjacent to an activating group) is 1. The van der Waals surface area contributed by atoms with Gasteiger partial charge in [0.25, 0.3) is 0 Å². The molecule has 0 saturated heterocycles. The Morgan fingerprint density at radius 2 is 2.06 bits per heavy atom. The van der Waals surface area contributed by atoms with Crippen LogP contribution in [0.4, 0.5) is 0 Å². The topological polar surface area (TPSA) is 41.5 Å². The molecule has 102 valence electrons. The minimum atomic E-state index is -0.203. The van der Waals surface area contributed by atoms with Crippen LogP contribution in [0.5, 0.6) is 5.75 Å². The van der Waals surface area contributed by atoms with Gasteiger partial charge in [-0.1, -0.05) is 12.1 Å². The van der Waals surface area contributed by atoms with Crippen molar-refractivity contribution in [1.82, 2.24) is 5.32 Å². The van der Waals surface area contributed by atoms with Crippen molar-refractivity contribution >= 4 is 0 Å². The second-order valence-electron chi connectivity index (χ2n) is 5.12. The molecule has 1 rings (SSSR count). The third kappa shape index (κ3) is 4.00. The van der Waals surface area contributed by atoms with E-state index in [1.54, 1.807) is 0 Å². The molecule has 1 aromatic carbocycles. The third-order valence-corrected chi connectivity index (χ3v) is 3.64. The molecule has 0 aromatic heterocycles. The number of ether oxygens (including phenoxy) is 1. The fourth-order valence-electron chi connectivity index (χ4n) is 1.81. The first-order chi connectivity index (χ1) is 8.52. The molecule has 0 aliphatic rings. The molecular weight excluding hydrogens is 226 g/mol. The molecule has 1 atom stereocenters. The van der Waals surface area contributed by atoms with Gasteiger partial charge in [-0.3, -0.25) is 0 Å².